The predicted molar refractivity (Wildman–Crippen MR) is 92.9 cm³/mol. The highest BCUT2D eigenvalue weighted by Crippen LogP contribution is 2.35. The molecule has 1 saturated heterocycles. The summed E-state index contributed by atoms with van der Waals surface area (Å²) >= 11 is 0. The molecule has 1 aliphatic heterocycles. The van der Waals surface area contributed by atoms with E-state index in [1.807, 2.05) is 24.3 Å². The number of carbonyl (C=O) groups is 3. The highest BCUT2D eigenvalue weighted by molar-refractivity contribution is 6.05. The van der Waals surface area contributed by atoms with Crippen molar-refractivity contribution in [2.75, 3.05) is 19.0 Å². The summed E-state index contributed by atoms with van der Waals surface area (Å²) in [5, 5.41) is 2.80. The molecule has 3 rings (SSSR count). The Morgan fingerprint density at radius 2 is 1.80 bits per heavy atom. The lowest BCUT2D eigenvalue weighted by Crippen LogP contribution is -2.32. The molecule has 0 radical (unpaired) electrons. The molecule has 0 spiro atoms. The van der Waals surface area contributed by atoms with Crippen molar-refractivity contribution in [2.24, 2.45) is 11.8 Å². The maximum atomic E-state index is 12.4. The molecule has 25 heavy (non-hydrogen) atoms. The zero-order valence-corrected chi connectivity index (χ0v) is 14.2. The van der Waals surface area contributed by atoms with Gasteiger partial charge >= 0.3 is 0 Å². The Bertz CT molecular complexity index is 687. The number of amides is 3. The minimum absolute atomic E-state index is 0.0931. The Morgan fingerprint density at radius 3 is 2.44 bits per heavy atom. The van der Waals surface area contributed by atoms with E-state index in [0.717, 1.165) is 0 Å². The maximum absolute atomic E-state index is 12.4. The molecule has 3 amide bonds. The van der Waals surface area contributed by atoms with E-state index in [4.69, 9.17) is 4.74 Å². The van der Waals surface area contributed by atoms with Gasteiger partial charge < -0.3 is 10.1 Å². The second-order valence-electron chi connectivity index (χ2n) is 6.34. The van der Waals surface area contributed by atoms with Crippen LogP contribution in [-0.4, -0.2) is 36.3 Å². The molecule has 1 N–H and O–H groups in total. The number of hydrogen-bond acceptors (Lipinski definition) is 4. The molecule has 6 nitrogen and oxygen atoms in total. The number of nitrogens with zero attached hydrogens (tertiary/aromatic N) is 1. The summed E-state index contributed by atoms with van der Waals surface area (Å²) in [4.78, 5) is 38.1. The van der Waals surface area contributed by atoms with Crippen LogP contribution in [0.15, 0.2) is 36.4 Å². The van der Waals surface area contributed by atoms with E-state index in [1.165, 1.54) is 4.90 Å². The fourth-order valence-corrected chi connectivity index (χ4v) is 3.45. The second kappa shape index (κ2) is 7.51. The lowest BCUT2D eigenvalue weighted by molar-refractivity contribution is -0.140. The van der Waals surface area contributed by atoms with Crippen molar-refractivity contribution >= 4 is 23.4 Å². The SMILES string of the molecule is COc1ccccc1NC(=O)CCCN1C(=O)[C@H]2CC=CC[C@H]2C1=O. The minimum atomic E-state index is -0.208. The fraction of sp³-hybridized carbons (Fsp3) is 0.421. The van der Waals surface area contributed by atoms with Crippen LogP contribution in [0, 0.1) is 11.8 Å². The Balaban J connectivity index is 1.50. The van der Waals surface area contributed by atoms with E-state index in [0.29, 0.717) is 37.2 Å². The molecule has 1 aliphatic carbocycles. The zero-order valence-electron chi connectivity index (χ0n) is 14.2. The number of fused-ring (bicyclic) bond motifs is 1. The minimum Gasteiger partial charge on any atom is -0.495 e. The summed E-state index contributed by atoms with van der Waals surface area (Å²) in [6.45, 7) is 0.296. The van der Waals surface area contributed by atoms with Gasteiger partial charge in [0.25, 0.3) is 0 Å². The van der Waals surface area contributed by atoms with Gasteiger partial charge in [0.1, 0.15) is 5.75 Å². The molecule has 1 aromatic carbocycles. The number of ether oxygens (including phenoxy) is 1. The molecule has 1 aromatic rings. The first-order chi connectivity index (χ1) is 12.1. The summed E-state index contributed by atoms with van der Waals surface area (Å²) in [6.07, 6.45) is 5.90. The van der Waals surface area contributed by atoms with Gasteiger partial charge in [0.15, 0.2) is 0 Å². The van der Waals surface area contributed by atoms with Gasteiger partial charge in [-0.2, -0.15) is 0 Å². The van der Waals surface area contributed by atoms with Gasteiger partial charge in [-0.15, -0.1) is 0 Å². The topological polar surface area (TPSA) is 75.7 Å². The van der Waals surface area contributed by atoms with Crippen molar-refractivity contribution < 1.29 is 19.1 Å². The number of methoxy groups -OCH3 is 1. The number of benzene rings is 1. The molecule has 132 valence electrons. The number of rotatable bonds is 6. The van der Waals surface area contributed by atoms with Crippen LogP contribution in [-0.2, 0) is 14.4 Å². The Labute approximate surface area is 146 Å². The average Bonchev–Trinajstić information content (AvgIpc) is 2.87. The number of likely N-dealkylation sites (tertiary alicyclic amines) is 1. The van der Waals surface area contributed by atoms with E-state index in [2.05, 4.69) is 5.32 Å². The van der Waals surface area contributed by atoms with Gasteiger partial charge in [-0.3, -0.25) is 19.3 Å². The summed E-state index contributed by atoms with van der Waals surface area (Å²) in [5.74, 6) is -0.172. The third kappa shape index (κ3) is 3.57. The molecule has 0 unspecified atom stereocenters. The standard InChI is InChI=1S/C19H22N2O4/c1-25-16-10-5-4-9-15(16)20-17(22)11-6-12-21-18(23)13-7-2-3-8-14(13)19(21)24/h2-5,9-10,13-14H,6-8,11-12H2,1H3,(H,20,22)/t13-,14+. The molecule has 0 aromatic heterocycles. The number of nitrogens with one attached hydrogen (secondary N) is 1. The number of hydrogen-bond donors (Lipinski definition) is 1. The van der Waals surface area contributed by atoms with E-state index in [9.17, 15) is 14.4 Å². The lowest BCUT2D eigenvalue weighted by atomic mass is 9.85. The van der Waals surface area contributed by atoms with Crippen LogP contribution in [0.3, 0.4) is 0 Å². The van der Waals surface area contributed by atoms with Gasteiger partial charge in [-0.1, -0.05) is 24.3 Å². The summed E-state index contributed by atoms with van der Waals surface area (Å²) in [6, 6.07) is 7.18. The fourth-order valence-electron chi connectivity index (χ4n) is 3.45. The summed E-state index contributed by atoms with van der Waals surface area (Å²) in [7, 11) is 1.55. The first-order valence-electron chi connectivity index (χ1n) is 8.55. The van der Waals surface area contributed by atoms with Gasteiger partial charge in [0, 0.05) is 13.0 Å². The summed E-state index contributed by atoms with van der Waals surface area (Å²) < 4.78 is 5.20. The Morgan fingerprint density at radius 1 is 1.16 bits per heavy atom. The lowest BCUT2D eigenvalue weighted by Gasteiger charge is -2.14. The van der Waals surface area contributed by atoms with Crippen molar-refractivity contribution in [1.82, 2.24) is 4.90 Å². The maximum Gasteiger partial charge on any atom is 0.233 e. The number of carbonyl (C=O) groups excluding carboxylic acids is 3. The second-order valence-corrected chi connectivity index (χ2v) is 6.34. The van der Waals surface area contributed by atoms with Gasteiger partial charge in [-0.25, -0.2) is 0 Å². The highest BCUT2D eigenvalue weighted by atomic mass is 16.5. The van der Waals surface area contributed by atoms with Crippen molar-refractivity contribution in [3.05, 3.63) is 36.4 Å². The van der Waals surface area contributed by atoms with Gasteiger partial charge in [0.05, 0.1) is 24.6 Å². The number of imide groups is 1. The molecular weight excluding hydrogens is 320 g/mol. The van der Waals surface area contributed by atoms with Gasteiger partial charge in [-0.05, 0) is 31.4 Å². The van der Waals surface area contributed by atoms with Crippen LogP contribution >= 0.6 is 0 Å². The predicted octanol–water partition coefficient (Wildman–Crippen LogP) is 2.37. The smallest absolute Gasteiger partial charge is 0.233 e. The van der Waals surface area contributed by atoms with Crippen LogP contribution in [0.4, 0.5) is 5.69 Å². The Kier molecular flexibility index (Phi) is 5.16. The highest BCUT2D eigenvalue weighted by Gasteiger charge is 2.46. The average molecular weight is 342 g/mol. The quantitative estimate of drug-likeness (QED) is 0.636. The molecule has 1 fully saturated rings. The van der Waals surface area contributed by atoms with Gasteiger partial charge in [0.2, 0.25) is 17.7 Å². The molecule has 2 atom stereocenters. The largest absolute Gasteiger partial charge is 0.495 e. The van der Waals surface area contributed by atoms with Crippen molar-refractivity contribution in [3.63, 3.8) is 0 Å². The van der Waals surface area contributed by atoms with Crippen LogP contribution in [0.1, 0.15) is 25.7 Å². The number of anilines is 1. The van der Waals surface area contributed by atoms with E-state index in [-0.39, 0.29) is 36.0 Å². The first kappa shape index (κ1) is 17.2. The third-order valence-electron chi connectivity index (χ3n) is 4.77. The third-order valence-corrected chi connectivity index (χ3v) is 4.77. The molecular formula is C19H22N2O4. The monoisotopic (exact) mass is 342 g/mol. The number of para-hydroxylation sites is 2. The molecule has 1 heterocycles. The number of allylic oxidation sites excluding steroid dienone is 2. The van der Waals surface area contributed by atoms with Crippen LogP contribution in [0.2, 0.25) is 0 Å². The summed E-state index contributed by atoms with van der Waals surface area (Å²) in [5.41, 5.74) is 0.611. The van der Waals surface area contributed by atoms with Crippen LogP contribution in [0.5, 0.6) is 5.75 Å². The Hall–Kier alpha value is -2.63. The normalized spacial score (nSPS) is 22.0. The molecule has 2 aliphatic rings. The van der Waals surface area contributed by atoms with Crippen molar-refractivity contribution in [2.45, 2.75) is 25.7 Å². The van der Waals surface area contributed by atoms with Crippen molar-refractivity contribution in [1.29, 1.82) is 0 Å². The molecule has 0 bridgehead atoms. The van der Waals surface area contributed by atoms with E-state index in [1.54, 1.807) is 19.2 Å². The first-order valence-corrected chi connectivity index (χ1v) is 8.55. The molecule has 6 heteroatoms. The van der Waals surface area contributed by atoms with E-state index < -0.39 is 0 Å². The zero-order chi connectivity index (χ0) is 17.8. The van der Waals surface area contributed by atoms with Crippen molar-refractivity contribution in [3.8, 4) is 5.75 Å². The van der Waals surface area contributed by atoms with Crippen LogP contribution < -0.4 is 10.1 Å². The van der Waals surface area contributed by atoms with Crippen LogP contribution in [0.25, 0.3) is 0 Å². The molecule has 0 saturated carbocycles. The van der Waals surface area contributed by atoms with E-state index >= 15 is 0 Å².